The summed E-state index contributed by atoms with van der Waals surface area (Å²) in [6.45, 7) is 3.19. The van der Waals surface area contributed by atoms with Gasteiger partial charge in [-0.3, -0.25) is 4.79 Å². The van der Waals surface area contributed by atoms with Gasteiger partial charge in [0, 0.05) is 23.6 Å². The van der Waals surface area contributed by atoms with Crippen LogP contribution in [0.1, 0.15) is 29.7 Å². The third-order valence-electron chi connectivity index (χ3n) is 5.65. The first kappa shape index (κ1) is 19.2. The van der Waals surface area contributed by atoms with Crippen LogP contribution in [0.5, 0.6) is 17.2 Å². The monoisotopic (exact) mass is 394 g/mol. The van der Waals surface area contributed by atoms with Crippen LogP contribution in [0.3, 0.4) is 0 Å². The predicted octanol–water partition coefficient (Wildman–Crippen LogP) is 3.88. The van der Waals surface area contributed by atoms with Crippen LogP contribution in [0.4, 0.5) is 0 Å². The number of benzene rings is 2. The molecule has 0 spiro atoms. The van der Waals surface area contributed by atoms with E-state index >= 15 is 0 Å². The fourth-order valence-electron chi connectivity index (χ4n) is 4.17. The van der Waals surface area contributed by atoms with E-state index in [1.807, 2.05) is 48.4 Å². The molecule has 2 heterocycles. The van der Waals surface area contributed by atoms with Gasteiger partial charge in [-0.05, 0) is 66.8 Å². The summed E-state index contributed by atoms with van der Waals surface area (Å²) in [4.78, 5) is 17.1. The first-order valence-electron chi connectivity index (χ1n) is 9.87. The number of ether oxygens (including phenoxy) is 3. The van der Waals surface area contributed by atoms with Gasteiger partial charge >= 0.3 is 0 Å². The molecule has 1 aliphatic heterocycles. The average Bonchev–Trinajstić information content (AvgIpc) is 3.15. The smallest absolute Gasteiger partial charge is 0.210 e. The first-order valence-corrected chi connectivity index (χ1v) is 9.87. The molecule has 1 amide bonds. The van der Waals surface area contributed by atoms with Crippen LogP contribution >= 0.6 is 0 Å². The Morgan fingerprint density at radius 2 is 2.03 bits per heavy atom. The molecule has 0 fully saturated rings. The van der Waals surface area contributed by atoms with Crippen LogP contribution in [-0.4, -0.2) is 43.7 Å². The van der Waals surface area contributed by atoms with Gasteiger partial charge in [-0.15, -0.1) is 0 Å². The number of hydrogen-bond acceptors (Lipinski definition) is 4. The third-order valence-corrected chi connectivity index (χ3v) is 5.65. The number of carbonyl (C=O) groups excluding carboxylic acids is 1. The summed E-state index contributed by atoms with van der Waals surface area (Å²) < 4.78 is 16.7. The van der Waals surface area contributed by atoms with Gasteiger partial charge in [0.1, 0.15) is 5.75 Å². The minimum atomic E-state index is -0.0634. The number of carbonyl (C=O) groups is 1. The number of rotatable bonds is 7. The number of methoxy groups -OCH3 is 2. The SMILES string of the molecule is CCOc1cc2c(cc1OC)CCN(C=O)[C@@H]2Cc1c[nH]c2ccc(OC)cc12. The fourth-order valence-corrected chi connectivity index (χ4v) is 4.17. The molecule has 2 aromatic carbocycles. The van der Waals surface area contributed by atoms with E-state index in [2.05, 4.69) is 4.98 Å². The minimum absolute atomic E-state index is 0.0634. The number of fused-ring (bicyclic) bond motifs is 2. The van der Waals surface area contributed by atoms with Crippen molar-refractivity contribution < 1.29 is 19.0 Å². The highest BCUT2D eigenvalue weighted by molar-refractivity contribution is 5.84. The van der Waals surface area contributed by atoms with E-state index in [1.165, 1.54) is 5.56 Å². The molecule has 1 N–H and O–H groups in total. The molecule has 6 heteroatoms. The van der Waals surface area contributed by atoms with Gasteiger partial charge in [-0.2, -0.15) is 0 Å². The normalized spacial score (nSPS) is 15.8. The molecule has 3 aromatic rings. The summed E-state index contributed by atoms with van der Waals surface area (Å²) >= 11 is 0. The van der Waals surface area contributed by atoms with E-state index in [0.29, 0.717) is 25.3 Å². The molecule has 6 nitrogen and oxygen atoms in total. The Bertz CT molecular complexity index is 1030. The van der Waals surface area contributed by atoms with E-state index in [1.54, 1.807) is 14.2 Å². The van der Waals surface area contributed by atoms with E-state index in [-0.39, 0.29) is 6.04 Å². The van der Waals surface area contributed by atoms with Crippen LogP contribution in [0.15, 0.2) is 36.5 Å². The summed E-state index contributed by atoms with van der Waals surface area (Å²) in [7, 11) is 3.32. The van der Waals surface area contributed by atoms with Crippen LogP contribution in [0, 0.1) is 0 Å². The minimum Gasteiger partial charge on any atom is -0.497 e. The second-order valence-electron chi connectivity index (χ2n) is 7.17. The quantitative estimate of drug-likeness (QED) is 0.618. The van der Waals surface area contributed by atoms with Crippen LogP contribution in [0.2, 0.25) is 0 Å². The topological polar surface area (TPSA) is 63.8 Å². The number of H-pyrrole nitrogens is 1. The van der Waals surface area contributed by atoms with Crippen LogP contribution < -0.4 is 14.2 Å². The molecule has 0 bridgehead atoms. The molecule has 1 aromatic heterocycles. The maximum atomic E-state index is 11.8. The van der Waals surface area contributed by atoms with Gasteiger partial charge in [-0.25, -0.2) is 0 Å². The lowest BCUT2D eigenvalue weighted by Gasteiger charge is -2.35. The zero-order valence-electron chi connectivity index (χ0n) is 17.0. The highest BCUT2D eigenvalue weighted by Crippen LogP contribution is 2.40. The zero-order valence-corrected chi connectivity index (χ0v) is 17.0. The van der Waals surface area contributed by atoms with Crippen molar-refractivity contribution in [3.8, 4) is 17.2 Å². The predicted molar refractivity (Wildman–Crippen MR) is 112 cm³/mol. The molecule has 29 heavy (non-hydrogen) atoms. The molecule has 1 atom stereocenters. The van der Waals surface area contributed by atoms with Gasteiger partial charge in [0.15, 0.2) is 11.5 Å². The number of aromatic amines is 1. The highest BCUT2D eigenvalue weighted by atomic mass is 16.5. The van der Waals surface area contributed by atoms with Crippen molar-refractivity contribution in [1.29, 1.82) is 0 Å². The van der Waals surface area contributed by atoms with E-state index in [4.69, 9.17) is 14.2 Å². The summed E-state index contributed by atoms with van der Waals surface area (Å²) in [5, 5.41) is 1.11. The number of hydrogen-bond donors (Lipinski definition) is 1. The van der Waals surface area contributed by atoms with Crippen molar-refractivity contribution in [2.75, 3.05) is 27.4 Å². The summed E-state index contributed by atoms with van der Waals surface area (Å²) in [6.07, 6.45) is 4.48. The molecular formula is C23H26N2O4. The number of nitrogens with one attached hydrogen (secondary N) is 1. The standard InChI is InChI=1S/C23H26N2O4/c1-4-29-23-12-19-15(10-22(23)28-3)7-8-25(14-26)21(19)9-16-13-24-20-6-5-17(27-2)11-18(16)20/h5-6,10-14,21,24H,4,7-9H2,1-3H3/t21-/m1/s1. The van der Waals surface area contributed by atoms with Gasteiger partial charge < -0.3 is 24.1 Å². The molecule has 0 aliphatic carbocycles. The third kappa shape index (κ3) is 3.50. The van der Waals surface area contributed by atoms with Crippen molar-refractivity contribution in [1.82, 2.24) is 9.88 Å². The fraction of sp³-hybridized carbons (Fsp3) is 0.348. The number of aromatic nitrogens is 1. The Labute approximate surface area is 170 Å². The molecular weight excluding hydrogens is 368 g/mol. The average molecular weight is 394 g/mol. The van der Waals surface area contributed by atoms with Gasteiger partial charge in [0.2, 0.25) is 6.41 Å². The molecule has 0 unspecified atom stereocenters. The maximum absolute atomic E-state index is 11.8. The zero-order chi connectivity index (χ0) is 20.4. The molecule has 0 saturated heterocycles. The molecule has 0 saturated carbocycles. The Morgan fingerprint density at radius 1 is 1.17 bits per heavy atom. The first-order chi connectivity index (χ1) is 14.2. The Kier molecular flexibility index (Phi) is 5.34. The van der Waals surface area contributed by atoms with Crippen molar-refractivity contribution in [2.24, 2.45) is 0 Å². The Hall–Kier alpha value is -3.15. The molecule has 1 aliphatic rings. The largest absolute Gasteiger partial charge is 0.497 e. The number of amides is 1. The van der Waals surface area contributed by atoms with Crippen LogP contribution in [0.25, 0.3) is 10.9 Å². The lowest BCUT2D eigenvalue weighted by Crippen LogP contribution is -2.35. The highest BCUT2D eigenvalue weighted by Gasteiger charge is 2.29. The van der Waals surface area contributed by atoms with Crippen molar-refractivity contribution in [3.63, 3.8) is 0 Å². The van der Waals surface area contributed by atoms with E-state index < -0.39 is 0 Å². The van der Waals surface area contributed by atoms with Gasteiger partial charge in [-0.1, -0.05) is 0 Å². The maximum Gasteiger partial charge on any atom is 0.210 e. The Balaban J connectivity index is 1.77. The second kappa shape index (κ2) is 8.07. The number of nitrogens with zero attached hydrogens (tertiary/aromatic N) is 1. The van der Waals surface area contributed by atoms with Crippen molar-refractivity contribution in [2.45, 2.75) is 25.8 Å². The molecule has 4 rings (SSSR count). The van der Waals surface area contributed by atoms with Crippen molar-refractivity contribution in [3.05, 3.63) is 53.2 Å². The summed E-state index contributed by atoms with van der Waals surface area (Å²) in [5.74, 6) is 2.27. The van der Waals surface area contributed by atoms with Gasteiger partial charge in [0.05, 0.1) is 26.9 Å². The second-order valence-corrected chi connectivity index (χ2v) is 7.17. The van der Waals surface area contributed by atoms with Crippen molar-refractivity contribution >= 4 is 17.3 Å². The van der Waals surface area contributed by atoms with E-state index in [0.717, 1.165) is 46.4 Å². The van der Waals surface area contributed by atoms with Crippen LogP contribution in [-0.2, 0) is 17.6 Å². The summed E-state index contributed by atoms with van der Waals surface area (Å²) in [6, 6.07) is 10.0. The lowest BCUT2D eigenvalue weighted by molar-refractivity contribution is -0.120. The Morgan fingerprint density at radius 3 is 2.76 bits per heavy atom. The van der Waals surface area contributed by atoms with E-state index in [9.17, 15) is 4.79 Å². The molecule has 152 valence electrons. The summed E-state index contributed by atoms with van der Waals surface area (Å²) in [5.41, 5.74) is 4.52. The molecule has 0 radical (unpaired) electrons. The lowest BCUT2D eigenvalue weighted by atomic mass is 9.88. The van der Waals surface area contributed by atoms with Gasteiger partial charge in [0.25, 0.3) is 0 Å².